The molecule has 0 fully saturated rings. The van der Waals surface area contributed by atoms with Gasteiger partial charge in [-0.1, -0.05) is 62.6 Å². The minimum Gasteiger partial charge on any atom is -0.293 e. The third kappa shape index (κ3) is 6.39. The third-order valence-corrected chi connectivity index (χ3v) is 3.17. The van der Waals surface area contributed by atoms with Crippen molar-refractivity contribution in [2.75, 3.05) is 0 Å². The van der Waals surface area contributed by atoms with E-state index in [1.54, 1.807) is 0 Å². The van der Waals surface area contributed by atoms with Crippen LogP contribution in [0.4, 0.5) is 0 Å². The van der Waals surface area contributed by atoms with Crippen molar-refractivity contribution in [3.05, 3.63) is 48.6 Å². The highest BCUT2D eigenvalue weighted by Gasteiger charge is 2.01. The molecule has 0 aliphatic heterocycles. The molecule has 0 saturated carbocycles. The molecule has 18 heavy (non-hydrogen) atoms. The first-order chi connectivity index (χ1) is 8.86. The quantitative estimate of drug-likeness (QED) is 0.328. The average molecular weight is 243 g/mol. The minimum absolute atomic E-state index is 0.594. The zero-order valence-electron chi connectivity index (χ0n) is 11.5. The highest BCUT2D eigenvalue weighted by molar-refractivity contribution is 5.58. The second-order valence-electron chi connectivity index (χ2n) is 4.74. The molecule has 0 radical (unpaired) electrons. The van der Waals surface area contributed by atoms with E-state index in [-0.39, 0.29) is 0 Å². The number of hydrogen-bond acceptors (Lipinski definition) is 1. The lowest BCUT2D eigenvalue weighted by molar-refractivity contribution is 0.557. The molecule has 1 heteroatoms. The molecule has 0 N–H and O–H groups in total. The molecular formula is C17H25N. The van der Waals surface area contributed by atoms with Crippen LogP contribution in [0.3, 0.4) is 0 Å². The van der Waals surface area contributed by atoms with Crippen molar-refractivity contribution in [3.8, 4) is 0 Å². The van der Waals surface area contributed by atoms with E-state index >= 15 is 0 Å². The van der Waals surface area contributed by atoms with Gasteiger partial charge >= 0.3 is 0 Å². The number of rotatable bonds is 9. The number of nitrogens with zero attached hydrogens (tertiary/aromatic N) is 1. The van der Waals surface area contributed by atoms with Crippen LogP contribution in [0.25, 0.3) is 0 Å². The van der Waals surface area contributed by atoms with E-state index in [4.69, 9.17) is 0 Å². The van der Waals surface area contributed by atoms with Gasteiger partial charge in [-0.2, -0.15) is 0 Å². The van der Waals surface area contributed by atoms with Gasteiger partial charge in [-0.25, -0.2) is 0 Å². The fourth-order valence-corrected chi connectivity index (χ4v) is 1.95. The van der Waals surface area contributed by atoms with Gasteiger partial charge in [0.15, 0.2) is 0 Å². The standard InChI is InChI=1S/C17H25N/c1-3-5-7-10-16(4-2)13-14-18-15-17-11-8-6-9-12-17/h4,6,8-9,11-12,14,16H,2-3,5,7,10,13,15H2,1H3. The second kappa shape index (κ2) is 9.64. The smallest absolute Gasteiger partial charge is 0.0635 e. The van der Waals surface area contributed by atoms with Gasteiger partial charge in [0.05, 0.1) is 6.54 Å². The van der Waals surface area contributed by atoms with Gasteiger partial charge < -0.3 is 0 Å². The van der Waals surface area contributed by atoms with E-state index < -0.39 is 0 Å². The van der Waals surface area contributed by atoms with E-state index in [2.05, 4.69) is 55.1 Å². The SMILES string of the molecule is C=CC(CC=NCc1ccccc1)CCCCC. The Hall–Kier alpha value is -1.37. The van der Waals surface area contributed by atoms with Crippen molar-refractivity contribution in [2.45, 2.75) is 45.6 Å². The van der Waals surface area contributed by atoms with E-state index in [1.807, 2.05) is 6.07 Å². The Balaban J connectivity index is 2.23. The van der Waals surface area contributed by atoms with E-state index in [0.29, 0.717) is 5.92 Å². The third-order valence-electron chi connectivity index (χ3n) is 3.17. The van der Waals surface area contributed by atoms with Crippen molar-refractivity contribution in [1.82, 2.24) is 0 Å². The molecule has 0 aromatic heterocycles. The molecule has 1 aromatic carbocycles. The molecule has 0 spiro atoms. The van der Waals surface area contributed by atoms with Crippen LogP contribution in [-0.4, -0.2) is 6.21 Å². The number of aliphatic imine (C=N–C) groups is 1. The fourth-order valence-electron chi connectivity index (χ4n) is 1.95. The molecule has 0 saturated heterocycles. The number of unbranched alkanes of at least 4 members (excludes halogenated alkanes) is 2. The normalized spacial score (nSPS) is 12.7. The minimum atomic E-state index is 0.594. The average Bonchev–Trinajstić information content (AvgIpc) is 2.43. The first kappa shape index (κ1) is 14.7. The maximum absolute atomic E-state index is 4.48. The second-order valence-corrected chi connectivity index (χ2v) is 4.74. The molecule has 1 aromatic rings. The summed E-state index contributed by atoms with van der Waals surface area (Å²) < 4.78 is 0. The lowest BCUT2D eigenvalue weighted by atomic mass is 9.99. The van der Waals surface area contributed by atoms with Gasteiger partial charge in [-0.05, 0) is 30.5 Å². The summed E-state index contributed by atoms with van der Waals surface area (Å²) in [6, 6.07) is 10.4. The van der Waals surface area contributed by atoms with Crippen LogP contribution in [0, 0.1) is 5.92 Å². The Bertz CT molecular complexity index is 340. The summed E-state index contributed by atoms with van der Waals surface area (Å²) in [6.45, 7) is 6.95. The zero-order chi connectivity index (χ0) is 13.1. The summed E-state index contributed by atoms with van der Waals surface area (Å²) >= 11 is 0. The van der Waals surface area contributed by atoms with E-state index in [0.717, 1.165) is 13.0 Å². The van der Waals surface area contributed by atoms with Crippen LogP contribution in [0.15, 0.2) is 48.0 Å². The molecular weight excluding hydrogens is 218 g/mol. The molecule has 1 rings (SSSR count). The predicted molar refractivity (Wildman–Crippen MR) is 81.1 cm³/mol. The first-order valence-corrected chi connectivity index (χ1v) is 7.01. The fraction of sp³-hybridized carbons (Fsp3) is 0.471. The first-order valence-electron chi connectivity index (χ1n) is 7.01. The van der Waals surface area contributed by atoms with Crippen LogP contribution in [0.1, 0.15) is 44.6 Å². The lowest BCUT2D eigenvalue weighted by Gasteiger charge is -2.08. The zero-order valence-corrected chi connectivity index (χ0v) is 11.5. The Labute approximate surface area is 112 Å². The maximum Gasteiger partial charge on any atom is 0.0635 e. The number of allylic oxidation sites excluding steroid dienone is 1. The molecule has 0 aliphatic carbocycles. The van der Waals surface area contributed by atoms with Gasteiger partial charge in [0, 0.05) is 0 Å². The topological polar surface area (TPSA) is 12.4 Å². The summed E-state index contributed by atoms with van der Waals surface area (Å²) in [5, 5.41) is 0. The van der Waals surface area contributed by atoms with Gasteiger partial charge in [-0.3, -0.25) is 4.99 Å². The molecule has 0 aliphatic rings. The van der Waals surface area contributed by atoms with Crippen molar-refractivity contribution in [3.63, 3.8) is 0 Å². The van der Waals surface area contributed by atoms with Gasteiger partial charge in [0.25, 0.3) is 0 Å². The molecule has 0 heterocycles. The van der Waals surface area contributed by atoms with Crippen LogP contribution in [-0.2, 0) is 6.54 Å². The van der Waals surface area contributed by atoms with Gasteiger partial charge in [0.2, 0.25) is 0 Å². The van der Waals surface area contributed by atoms with Gasteiger partial charge in [0.1, 0.15) is 0 Å². The summed E-state index contributed by atoms with van der Waals surface area (Å²) in [5.41, 5.74) is 1.27. The van der Waals surface area contributed by atoms with Crippen molar-refractivity contribution >= 4 is 6.21 Å². The van der Waals surface area contributed by atoms with Crippen LogP contribution in [0.5, 0.6) is 0 Å². The van der Waals surface area contributed by atoms with Crippen molar-refractivity contribution in [2.24, 2.45) is 10.9 Å². The maximum atomic E-state index is 4.48. The highest BCUT2D eigenvalue weighted by atomic mass is 14.7. The van der Waals surface area contributed by atoms with E-state index in [9.17, 15) is 0 Å². The number of benzene rings is 1. The molecule has 1 atom stereocenters. The summed E-state index contributed by atoms with van der Waals surface area (Å²) in [5.74, 6) is 0.594. The summed E-state index contributed by atoms with van der Waals surface area (Å²) in [6.07, 6.45) is 10.3. The van der Waals surface area contributed by atoms with Crippen LogP contribution in [0.2, 0.25) is 0 Å². The molecule has 0 amide bonds. The Morgan fingerprint density at radius 3 is 2.67 bits per heavy atom. The largest absolute Gasteiger partial charge is 0.293 e. The monoisotopic (exact) mass is 243 g/mol. The Morgan fingerprint density at radius 1 is 1.22 bits per heavy atom. The lowest BCUT2D eigenvalue weighted by Crippen LogP contribution is -1.97. The Morgan fingerprint density at radius 2 is 2.00 bits per heavy atom. The highest BCUT2D eigenvalue weighted by Crippen LogP contribution is 2.13. The van der Waals surface area contributed by atoms with Gasteiger partial charge in [-0.15, -0.1) is 6.58 Å². The van der Waals surface area contributed by atoms with Crippen LogP contribution < -0.4 is 0 Å². The molecule has 98 valence electrons. The summed E-state index contributed by atoms with van der Waals surface area (Å²) in [7, 11) is 0. The van der Waals surface area contributed by atoms with Crippen LogP contribution >= 0.6 is 0 Å². The number of hydrogen-bond donors (Lipinski definition) is 0. The van der Waals surface area contributed by atoms with Crippen molar-refractivity contribution < 1.29 is 0 Å². The molecule has 1 unspecified atom stereocenters. The summed E-state index contributed by atoms with van der Waals surface area (Å²) in [4.78, 5) is 4.48. The van der Waals surface area contributed by atoms with Crippen molar-refractivity contribution in [1.29, 1.82) is 0 Å². The molecule has 0 bridgehead atoms. The van der Waals surface area contributed by atoms with E-state index in [1.165, 1.54) is 31.2 Å². The Kier molecular flexibility index (Phi) is 7.87. The predicted octanol–water partition coefficient (Wildman–Crippen LogP) is 5.03. The molecule has 1 nitrogen and oxygen atoms in total.